The molecule has 0 radical (unpaired) electrons. The number of pyridine rings is 1. The number of aliphatic hydroxyl groups is 1. The number of rotatable bonds is 2. The summed E-state index contributed by atoms with van der Waals surface area (Å²) < 4.78 is 2.89. The molecule has 0 spiro atoms. The lowest BCUT2D eigenvalue weighted by molar-refractivity contribution is -0.922. The molecule has 1 unspecified atom stereocenters. The minimum absolute atomic E-state index is 0.138. The predicted octanol–water partition coefficient (Wildman–Crippen LogP) is 0.793. The van der Waals surface area contributed by atoms with Gasteiger partial charge < -0.3 is 14.2 Å². The first-order chi connectivity index (χ1) is 8.97. The highest BCUT2D eigenvalue weighted by Crippen LogP contribution is 2.37. The van der Waals surface area contributed by atoms with E-state index in [-0.39, 0.29) is 11.7 Å². The van der Waals surface area contributed by atoms with Crippen molar-refractivity contribution in [1.29, 1.82) is 0 Å². The summed E-state index contributed by atoms with van der Waals surface area (Å²) in [7, 11) is 2.24. The summed E-state index contributed by atoms with van der Waals surface area (Å²) in [5.41, 5.74) is 1.33. The van der Waals surface area contributed by atoms with E-state index in [2.05, 4.69) is 13.1 Å². The third-order valence-corrected chi connectivity index (χ3v) is 4.63. The van der Waals surface area contributed by atoms with Gasteiger partial charge in [-0.1, -0.05) is 6.07 Å². The third-order valence-electron chi connectivity index (χ3n) is 4.63. The van der Waals surface area contributed by atoms with E-state index in [1.807, 2.05) is 17.6 Å². The number of aliphatic hydroxyl groups excluding tert-OH is 1. The number of aromatic nitrogens is 1. The van der Waals surface area contributed by atoms with E-state index >= 15 is 0 Å². The van der Waals surface area contributed by atoms with Gasteiger partial charge in [0.2, 0.25) is 0 Å². The van der Waals surface area contributed by atoms with Crippen LogP contribution in [-0.2, 0) is 6.54 Å². The lowest BCUT2D eigenvalue weighted by Gasteiger charge is -2.48. The first-order valence-corrected chi connectivity index (χ1v) is 7.18. The molecule has 1 aromatic heterocycles. The SMILES string of the molecule is C[C@@H](O)C[N+]1(C)C[C@@H]2C[C@H](C1)c1cccc(=O)n1C2. The lowest BCUT2D eigenvalue weighted by atomic mass is 9.82. The van der Waals surface area contributed by atoms with Crippen molar-refractivity contribution in [1.82, 2.24) is 4.57 Å². The van der Waals surface area contributed by atoms with Crippen LogP contribution >= 0.6 is 0 Å². The van der Waals surface area contributed by atoms with Crippen LogP contribution in [0.3, 0.4) is 0 Å². The van der Waals surface area contributed by atoms with Crippen molar-refractivity contribution in [2.75, 3.05) is 26.7 Å². The van der Waals surface area contributed by atoms with Crippen LogP contribution in [0.1, 0.15) is 25.0 Å². The third kappa shape index (κ3) is 2.35. The molecule has 3 heterocycles. The van der Waals surface area contributed by atoms with Crippen LogP contribution in [0.15, 0.2) is 23.0 Å². The number of hydrogen-bond donors (Lipinski definition) is 1. The monoisotopic (exact) mass is 263 g/mol. The molecule has 3 rings (SSSR count). The van der Waals surface area contributed by atoms with Crippen LogP contribution in [0.4, 0.5) is 0 Å². The summed E-state index contributed by atoms with van der Waals surface area (Å²) in [4.78, 5) is 12.0. The van der Waals surface area contributed by atoms with E-state index in [9.17, 15) is 9.90 Å². The number of likely N-dealkylation sites (tertiary alicyclic amines) is 1. The highest BCUT2D eigenvalue weighted by Gasteiger charge is 2.42. The second-order valence-electron chi connectivity index (χ2n) is 6.71. The van der Waals surface area contributed by atoms with Gasteiger partial charge in [-0.3, -0.25) is 4.79 Å². The Morgan fingerprint density at radius 1 is 1.47 bits per heavy atom. The van der Waals surface area contributed by atoms with E-state index in [0.29, 0.717) is 11.8 Å². The van der Waals surface area contributed by atoms with Crippen molar-refractivity contribution < 1.29 is 9.59 Å². The molecule has 1 N–H and O–H groups in total. The zero-order valence-corrected chi connectivity index (χ0v) is 11.7. The average molecular weight is 263 g/mol. The zero-order chi connectivity index (χ0) is 13.6. The Balaban J connectivity index is 1.94. The van der Waals surface area contributed by atoms with Crippen molar-refractivity contribution in [3.63, 3.8) is 0 Å². The number of quaternary nitrogens is 1. The second-order valence-corrected chi connectivity index (χ2v) is 6.71. The van der Waals surface area contributed by atoms with E-state index in [1.54, 1.807) is 6.07 Å². The maximum atomic E-state index is 12.0. The fraction of sp³-hybridized carbons (Fsp3) is 0.667. The smallest absolute Gasteiger partial charge is 0.250 e. The molecule has 4 heteroatoms. The van der Waals surface area contributed by atoms with Crippen molar-refractivity contribution in [3.05, 3.63) is 34.2 Å². The van der Waals surface area contributed by atoms with Gasteiger partial charge in [0.05, 0.1) is 20.1 Å². The molecule has 1 aromatic rings. The van der Waals surface area contributed by atoms with Crippen LogP contribution in [0.25, 0.3) is 0 Å². The molecular formula is C15H23N2O2+. The molecular weight excluding hydrogens is 240 g/mol. The highest BCUT2D eigenvalue weighted by atomic mass is 16.3. The normalized spacial score (nSPS) is 34.7. The molecule has 2 aliphatic heterocycles. The Morgan fingerprint density at radius 3 is 3.00 bits per heavy atom. The molecule has 4 atom stereocenters. The fourth-order valence-corrected chi connectivity index (χ4v) is 4.26. The molecule has 0 amide bonds. The molecule has 0 saturated carbocycles. The van der Waals surface area contributed by atoms with Gasteiger partial charge in [0.15, 0.2) is 0 Å². The van der Waals surface area contributed by atoms with E-state index in [1.165, 1.54) is 12.1 Å². The van der Waals surface area contributed by atoms with E-state index < -0.39 is 0 Å². The molecule has 1 saturated heterocycles. The zero-order valence-electron chi connectivity index (χ0n) is 11.7. The van der Waals surface area contributed by atoms with Gasteiger partial charge in [0.1, 0.15) is 12.6 Å². The van der Waals surface area contributed by atoms with Crippen LogP contribution < -0.4 is 5.56 Å². The summed E-state index contributed by atoms with van der Waals surface area (Å²) in [6.07, 6.45) is 0.929. The number of piperidine rings is 1. The van der Waals surface area contributed by atoms with Gasteiger partial charge in [-0.15, -0.1) is 0 Å². The second kappa shape index (κ2) is 4.46. The van der Waals surface area contributed by atoms with Crippen molar-refractivity contribution in [2.45, 2.75) is 31.9 Å². The fourth-order valence-electron chi connectivity index (χ4n) is 4.26. The summed E-state index contributed by atoms with van der Waals surface area (Å²) in [5, 5.41) is 9.70. The van der Waals surface area contributed by atoms with Gasteiger partial charge in [0, 0.05) is 30.1 Å². The minimum Gasteiger partial charge on any atom is -0.388 e. The molecule has 0 aliphatic carbocycles. The quantitative estimate of drug-likeness (QED) is 0.802. The van der Waals surface area contributed by atoms with E-state index in [0.717, 1.165) is 30.7 Å². The Labute approximate surface area is 113 Å². The van der Waals surface area contributed by atoms with Crippen molar-refractivity contribution in [2.24, 2.45) is 5.92 Å². The highest BCUT2D eigenvalue weighted by molar-refractivity contribution is 5.15. The maximum absolute atomic E-state index is 12.0. The van der Waals surface area contributed by atoms with Crippen LogP contribution in [0, 0.1) is 5.92 Å². The maximum Gasteiger partial charge on any atom is 0.250 e. The summed E-state index contributed by atoms with van der Waals surface area (Å²) in [5.74, 6) is 1.03. The molecule has 0 aromatic carbocycles. The molecule has 4 nitrogen and oxygen atoms in total. The largest absolute Gasteiger partial charge is 0.388 e. The van der Waals surface area contributed by atoms with Crippen molar-refractivity contribution >= 4 is 0 Å². The molecule has 1 fully saturated rings. The first kappa shape index (κ1) is 12.9. The Kier molecular flexibility index (Phi) is 3.02. The standard InChI is InChI=1S/C15H23N2O2/c1-11(18)8-17(2)9-12-6-13(10-17)14-4-3-5-15(19)16(14)7-12/h3-5,11-13,18H,6-10H2,1-2H3/q+1/t11-,12-,13-,17?/m1/s1. The topological polar surface area (TPSA) is 42.2 Å². The van der Waals surface area contributed by atoms with Gasteiger partial charge in [-0.2, -0.15) is 0 Å². The number of likely N-dealkylation sites (N-methyl/N-ethyl adjacent to an activating group) is 1. The van der Waals surface area contributed by atoms with Gasteiger partial charge in [0.25, 0.3) is 5.56 Å². The Morgan fingerprint density at radius 2 is 2.26 bits per heavy atom. The Hall–Kier alpha value is -1.13. The van der Waals surface area contributed by atoms with Gasteiger partial charge in [-0.05, 0) is 19.4 Å². The lowest BCUT2D eigenvalue weighted by Crippen LogP contribution is -2.59. The van der Waals surface area contributed by atoms with Crippen molar-refractivity contribution in [3.8, 4) is 0 Å². The van der Waals surface area contributed by atoms with Gasteiger partial charge >= 0.3 is 0 Å². The number of fused-ring (bicyclic) bond motifs is 4. The summed E-state index contributed by atoms with van der Waals surface area (Å²) >= 11 is 0. The van der Waals surface area contributed by atoms with Gasteiger partial charge in [-0.25, -0.2) is 0 Å². The van der Waals surface area contributed by atoms with Crippen LogP contribution in [0.2, 0.25) is 0 Å². The summed E-state index contributed by atoms with van der Waals surface area (Å²) in [6, 6.07) is 5.64. The predicted molar refractivity (Wildman–Crippen MR) is 74.0 cm³/mol. The first-order valence-electron chi connectivity index (χ1n) is 7.18. The Bertz CT molecular complexity index is 537. The molecule has 19 heavy (non-hydrogen) atoms. The average Bonchev–Trinajstić information content (AvgIpc) is 2.28. The molecule has 104 valence electrons. The molecule has 2 bridgehead atoms. The number of hydrogen-bond acceptors (Lipinski definition) is 2. The summed E-state index contributed by atoms with van der Waals surface area (Å²) in [6.45, 7) is 5.63. The van der Waals surface area contributed by atoms with Crippen LogP contribution in [-0.4, -0.2) is 46.9 Å². The number of nitrogens with zero attached hydrogens (tertiary/aromatic N) is 2. The minimum atomic E-state index is -0.262. The van der Waals surface area contributed by atoms with Crippen LogP contribution in [0.5, 0.6) is 0 Å². The van der Waals surface area contributed by atoms with E-state index in [4.69, 9.17) is 0 Å². The molecule has 2 aliphatic rings.